The van der Waals surface area contributed by atoms with Gasteiger partial charge in [-0.2, -0.15) is 0 Å². The monoisotopic (exact) mass is 257 g/mol. The van der Waals surface area contributed by atoms with Crippen LogP contribution in [0.3, 0.4) is 0 Å². The highest BCUT2D eigenvalue weighted by atomic mass is 35.5. The predicted molar refractivity (Wildman–Crippen MR) is 59.5 cm³/mol. The van der Waals surface area contributed by atoms with Gasteiger partial charge in [0.25, 0.3) is 5.69 Å². The minimum Gasteiger partial charge on any atom is -0.462 e. The lowest BCUT2D eigenvalue weighted by Gasteiger charge is -2.05. The van der Waals surface area contributed by atoms with Gasteiger partial charge in [-0.25, -0.2) is 4.79 Å². The van der Waals surface area contributed by atoms with Crippen molar-refractivity contribution < 1.29 is 19.2 Å². The zero-order valence-corrected chi connectivity index (χ0v) is 9.56. The summed E-state index contributed by atoms with van der Waals surface area (Å²) in [5.74, 6) is -0.766. The van der Waals surface area contributed by atoms with Gasteiger partial charge in [-0.15, -0.1) is 0 Å². The fraction of sp³-hybridized carbons (Fsp3) is 0.200. The summed E-state index contributed by atoms with van der Waals surface area (Å²) in [7, 11) is 0. The lowest BCUT2D eigenvalue weighted by Crippen LogP contribution is -2.07. The summed E-state index contributed by atoms with van der Waals surface area (Å²) in [5, 5.41) is 10.6. The topological polar surface area (TPSA) is 86.5 Å². The molecular formula is C10H8ClNO5. The molecule has 0 aliphatic heterocycles. The molecule has 0 unspecified atom stereocenters. The van der Waals surface area contributed by atoms with E-state index in [1.165, 1.54) is 0 Å². The van der Waals surface area contributed by atoms with Gasteiger partial charge < -0.3 is 4.74 Å². The van der Waals surface area contributed by atoms with Gasteiger partial charge in [-0.05, 0) is 13.0 Å². The standard InChI is InChI=1S/C10H8ClNO5/c1-2-17-10(14)7-4-9(12(15)16)6(5-13)3-8(7)11/h3-5H,2H2,1H3. The minimum absolute atomic E-state index is 0.0591. The number of nitro groups is 1. The molecule has 0 atom stereocenters. The van der Waals surface area contributed by atoms with Crippen molar-refractivity contribution in [3.63, 3.8) is 0 Å². The summed E-state index contributed by atoms with van der Waals surface area (Å²) in [5.41, 5.74) is -0.800. The van der Waals surface area contributed by atoms with Gasteiger partial charge in [-0.1, -0.05) is 11.6 Å². The van der Waals surface area contributed by atoms with Crippen LogP contribution in [-0.4, -0.2) is 23.8 Å². The Labute approximate surface area is 101 Å². The van der Waals surface area contributed by atoms with Gasteiger partial charge in [0.15, 0.2) is 6.29 Å². The van der Waals surface area contributed by atoms with E-state index < -0.39 is 16.6 Å². The Balaban J connectivity index is 3.34. The van der Waals surface area contributed by atoms with Crippen molar-refractivity contribution in [2.45, 2.75) is 6.92 Å². The molecule has 0 fully saturated rings. The van der Waals surface area contributed by atoms with Crippen LogP contribution in [0.5, 0.6) is 0 Å². The molecule has 0 aliphatic carbocycles. The van der Waals surface area contributed by atoms with Crippen molar-refractivity contribution in [2.75, 3.05) is 6.61 Å². The second-order valence-corrected chi connectivity index (χ2v) is 3.39. The molecule has 0 aromatic heterocycles. The molecule has 0 bridgehead atoms. The lowest BCUT2D eigenvalue weighted by molar-refractivity contribution is -0.385. The minimum atomic E-state index is -0.766. The van der Waals surface area contributed by atoms with E-state index in [-0.39, 0.29) is 22.8 Å². The number of benzene rings is 1. The number of hydrogen-bond donors (Lipinski definition) is 0. The number of carbonyl (C=O) groups excluding carboxylic acids is 2. The second kappa shape index (κ2) is 5.40. The first kappa shape index (κ1) is 13.1. The Kier molecular flexibility index (Phi) is 4.17. The molecule has 0 N–H and O–H groups in total. The maximum atomic E-state index is 11.4. The van der Waals surface area contributed by atoms with Crippen molar-refractivity contribution in [3.8, 4) is 0 Å². The zero-order valence-electron chi connectivity index (χ0n) is 8.81. The Morgan fingerprint density at radius 1 is 1.59 bits per heavy atom. The van der Waals surface area contributed by atoms with Gasteiger partial charge in [-0.3, -0.25) is 14.9 Å². The Bertz CT molecular complexity index is 486. The van der Waals surface area contributed by atoms with E-state index in [9.17, 15) is 19.7 Å². The highest BCUT2D eigenvalue weighted by Crippen LogP contribution is 2.26. The van der Waals surface area contributed by atoms with Crippen LogP contribution >= 0.6 is 11.6 Å². The number of nitrogens with zero attached hydrogens (tertiary/aromatic N) is 1. The fourth-order valence-corrected chi connectivity index (χ4v) is 1.44. The van der Waals surface area contributed by atoms with E-state index in [0.717, 1.165) is 12.1 Å². The molecule has 6 nitrogen and oxygen atoms in total. The molecular weight excluding hydrogens is 250 g/mol. The third-order valence-electron chi connectivity index (χ3n) is 1.94. The molecule has 0 saturated heterocycles. The highest BCUT2D eigenvalue weighted by Gasteiger charge is 2.21. The molecule has 0 saturated carbocycles. The molecule has 1 aromatic rings. The van der Waals surface area contributed by atoms with Crippen LogP contribution < -0.4 is 0 Å². The van der Waals surface area contributed by atoms with Crippen LogP contribution in [0.4, 0.5) is 5.69 Å². The number of ether oxygens (including phenoxy) is 1. The van der Waals surface area contributed by atoms with Crippen LogP contribution in [0, 0.1) is 10.1 Å². The highest BCUT2D eigenvalue weighted by molar-refractivity contribution is 6.34. The van der Waals surface area contributed by atoms with E-state index in [1.54, 1.807) is 6.92 Å². The molecule has 90 valence electrons. The summed E-state index contributed by atoms with van der Waals surface area (Å²) in [4.78, 5) is 31.9. The van der Waals surface area contributed by atoms with Crippen LogP contribution in [0.1, 0.15) is 27.6 Å². The fourth-order valence-electron chi connectivity index (χ4n) is 1.19. The first-order valence-electron chi connectivity index (χ1n) is 4.61. The van der Waals surface area contributed by atoms with Crippen LogP contribution in [-0.2, 0) is 4.74 Å². The molecule has 1 aromatic carbocycles. The summed E-state index contributed by atoms with van der Waals surface area (Å²) in [6.45, 7) is 1.72. The van der Waals surface area contributed by atoms with E-state index in [0.29, 0.717) is 6.29 Å². The average Bonchev–Trinajstić information content (AvgIpc) is 2.28. The molecule has 1 rings (SSSR count). The smallest absolute Gasteiger partial charge is 0.339 e. The third-order valence-corrected chi connectivity index (χ3v) is 2.25. The van der Waals surface area contributed by atoms with Crippen molar-refractivity contribution in [1.29, 1.82) is 0 Å². The predicted octanol–water partition coefficient (Wildman–Crippen LogP) is 2.24. The number of aldehydes is 1. The summed E-state index contributed by atoms with van der Waals surface area (Å²) < 4.78 is 4.68. The Morgan fingerprint density at radius 2 is 2.24 bits per heavy atom. The first-order valence-corrected chi connectivity index (χ1v) is 4.99. The van der Waals surface area contributed by atoms with Crippen LogP contribution in [0.25, 0.3) is 0 Å². The molecule has 0 amide bonds. The number of halogens is 1. The first-order chi connectivity index (χ1) is 8.01. The van der Waals surface area contributed by atoms with Gasteiger partial charge in [0, 0.05) is 6.07 Å². The maximum absolute atomic E-state index is 11.4. The number of nitro benzene ring substituents is 1. The maximum Gasteiger partial charge on any atom is 0.339 e. The normalized spacial score (nSPS) is 9.76. The molecule has 17 heavy (non-hydrogen) atoms. The van der Waals surface area contributed by atoms with Crippen molar-refractivity contribution in [2.24, 2.45) is 0 Å². The van der Waals surface area contributed by atoms with Crippen LogP contribution in [0.15, 0.2) is 12.1 Å². The lowest BCUT2D eigenvalue weighted by atomic mass is 10.1. The largest absolute Gasteiger partial charge is 0.462 e. The van der Waals surface area contributed by atoms with Gasteiger partial charge in [0.05, 0.1) is 27.7 Å². The van der Waals surface area contributed by atoms with Gasteiger partial charge >= 0.3 is 5.97 Å². The van der Waals surface area contributed by atoms with Crippen LogP contribution in [0.2, 0.25) is 5.02 Å². The number of esters is 1. The molecule has 0 radical (unpaired) electrons. The summed E-state index contributed by atoms with van der Waals surface area (Å²) >= 11 is 5.73. The molecule has 0 spiro atoms. The average molecular weight is 258 g/mol. The zero-order chi connectivity index (χ0) is 13.0. The molecule has 7 heteroatoms. The second-order valence-electron chi connectivity index (χ2n) is 2.99. The number of hydrogen-bond acceptors (Lipinski definition) is 5. The van der Waals surface area contributed by atoms with Gasteiger partial charge in [0.2, 0.25) is 0 Å². The van der Waals surface area contributed by atoms with E-state index >= 15 is 0 Å². The SMILES string of the molecule is CCOC(=O)c1cc([N+](=O)[O-])c(C=O)cc1Cl. The Morgan fingerprint density at radius 3 is 2.71 bits per heavy atom. The van der Waals surface area contributed by atoms with E-state index in [2.05, 4.69) is 4.74 Å². The summed E-state index contributed by atoms with van der Waals surface area (Å²) in [6.07, 6.45) is 0.305. The molecule has 0 aliphatic rings. The van der Waals surface area contributed by atoms with E-state index in [1.807, 2.05) is 0 Å². The van der Waals surface area contributed by atoms with E-state index in [4.69, 9.17) is 11.6 Å². The number of rotatable bonds is 4. The van der Waals surface area contributed by atoms with Crippen molar-refractivity contribution in [3.05, 3.63) is 38.4 Å². The van der Waals surface area contributed by atoms with Crippen molar-refractivity contribution >= 4 is 29.5 Å². The summed E-state index contributed by atoms with van der Waals surface area (Å²) in [6, 6.07) is 2.00. The van der Waals surface area contributed by atoms with Crippen molar-refractivity contribution in [1.82, 2.24) is 0 Å². The molecule has 0 heterocycles. The quantitative estimate of drug-likeness (QED) is 0.357. The third kappa shape index (κ3) is 2.79. The number of carbonyl (C=O) groups is 2. The van der Waals surface area contributed by atoms with Gasteiger partial charge in [0.1, 0.15) is 0 Å². The Hall–Kier alpha value is -1.95.